The minimum absolute atomic E-state index is 0.0154. The lowest BCUT2D eigenvalue weighted by Crippen LogP contribution is -2.45. The number of likely N-dealkylation sites (N-methyl/N-ethyl adjacent to an activating group) is 1. The van der Waals surface area contributed by atoms with Gasteiger partial charge in [0.05, 0.1) is 16.8 Å². The number of hydrogen-bond donors (Lipinski definition) is 1. The zero-order chi connectivity index (χ0) is 21.6. The van der Waals surface area contributed by atoms with E-state index in [4.69, 9.17) is 0 Å². The summed E-state index contributed by atoms with van der Waals surface area (Å²) in [5, 5.41) is 3.80. The van der Waals surface area contributed by atoms with Gasteiger partial charge in [0, 0.05) is 19.0 Å². The summed E-state index contributed by atoms with van der Waals surface area (Å²) in [5.41, 5.74) is 2.03. The number of likely N-dealkylation sites (tertiary alicyclic amines) is 1. The zero-order valence-corrected chi connectivity index (χ0v) is 18.6. The van der Waals surface area contributed by atoms with E-state index < -0.39 is 0 Å². The van der Waals surface area contributed by atoms with Gasteiger partial charge in [-0.05, 0) is 50.6 Å². The van der Waals surface area contributed by atoms with Crippen LogP contribution in [0.4, 0.5) is 5.13 Å². The van der Waals surface area contributed by atoms with Crippen molar-refractivity contribution in [3.63, 3.8) is 0 Å². The lowest BCUT2D eigenvalue weighted by atomic mass is 9.96. The molecule has 2 heterocycles. The number of amides is 2. The van der Waals surface area contributed by atoms with Gasteiger partial charge in [0.15, 0.2) is 5.13 Å². The van der Waals surface area contributed by atoms with E-state index in [0.717, 1.165) is 46.8 Å². The van der Waals surface area contributed by atoms with E-state index >= 15 is 0 Å². The first-order chi connectivity index (χ1) is 15.1. The molecule has 1 fully saturated rings. The molecular formula is C24H28N4O2S. The maximum absolute atomic E-state index is 13.0. The van der Waals surface area contributed by atoms with Crippen molar-refractivity contribution in [1.82, 2.24) is 15.2 Å². The summed E-state index contributed by atoms with van der Waals surface area (Å²) in [6, 6.07) is 17.9. The Hall–Kier alpha value is -2.77. The van der Waals surface area contributed by atoms with Crippen LogP contribution in [0.1, 0.15) is 25.3 Å². The molecule has 1 aliphatic heterocycles. The molecule has 0 bridgehead atoms. The average molecular weight is 437 g/mol. The van der Waals surface area contributed by atoms with Crippen molar-refractivity contribution in [3.05, 3.63) is 60.2 Å². The number of hydrogen-bond acceptors (Lipinski definition) is 5. The summed E-state index contributed by atoms with van der Waals surface area (Å²) >= 11 is 1.55. The Morgan fingerprint density at radius 1 is 1.10 bits per heavy atom. The molecule has 1 aromatic heterocycles. The Bertz CT molecular complexity index is 995. The average Bonchev–Trinajstić information content (AvgIpc) is 3.23. The van der Waals surface area contributed by atoms with Crippen LogP contribution in [-0.4, -0.2) is 47.9 Å². The second-order valence-electron chi connectivity index (χ2n) is 7.86. The van der Waals surface area contributed by atoms with Crippen molar-refractivity contribution in [2.24, 2.45) is 5.92 Å². The highest BCUT2D eigenvalue weighted by atomic mass is 32.1. The first kappa shape index (κ1) is 21.5. The molecule has 0 unspecified atom stereocenters. The van der Waals surface area contributed by atoms with Gasteiger partial charge in [0.25, 0.3) is 0 Å². The van der Waals surface area contributed by atoms with Crippen LogP contribution in [0.25, 0.3) is 10.2 Å². The van der Waals surface area contributed by atoms with E-state index in [2.05, 4.69) is 15.2 Å². The van der Waals surface area contributed by atoms with Crippen molar-refractivity contribution < 1.29 is 9.59 Å². The monoisotopic (exact) mass is 436 g/mol. The van der Waals surface area contributed by atoms with E-state index in [-0.39, 0.29) is 17.7 Å². The Balaban J connectivity index is 1.27. The molecule has 3 aromatic rings. The molecule has 0 atom stereocenters. The Kier molecular flexibility index (Phi) is 6.94. The van der Waals surface area contributed by atoms with Gasteiger partial charge in [0.1, 0.15) is 0 Å². The number of nitrogens with one attached hydrogen (secondary N) is 1. The highest BCUT2D eigenvalue weighted by Gasteiger charge is 2.27. The van der Waals surface area contributed by atoms with Crippen LogP contribution in [-0.2, 0) is 16.1 Å². The molecule has 0 radical (unpaired) electrons. The number of aromatic nitrogens is 1. The van der Waals surface area contributed by atoms with Crippen LogP contribution in [0.15, 0.2) is 54.6 Å². The standard InChI is InChI=1S/C24H28N4O2S/c1-2-28(24-26-20-10-6-7-11-21(20)31-24)22(29)17-27-14-12-19(13-15-27)23(30)25-16-18-8-4-3-5-9-18/h3-11,19H,2,12-17H2,1H3,(H,25,30). The molecule has 0 aliphatic carbocycles. The fraction of sp³-hybridized carbons (Fsp3) is 0.375. The van der Waals surface area contributed by atoms with E-state index in [1.165, 1.54) is 0 Å². The normalized spacial score (nSPS) is 15.1. The maximum atomic E-state index is 13.0. The highest BCUT2D eigenvalue weighted by Crippen LogP contribution is 2.28. The summed E-state index contributed by atoms with van der Waals surface area (Å²) in [5.74, 6) is 0.189. The molecule has 1 N–H and O–H groups in total. The molecule has 1 saturated heterocycles. The first-order valence-electron chi connectivity index (χ1n) is 10.8. The van der Waals surface area contributed by atoms with Gasteiger partial charge in [-0.25, -0.2) is 4.98 Å². The van der Waals surface area contributed by atoms with E-state index in [1.807, 2.05) is 61.5 Å². The zero-order valence-electron chi connectivity index (χ0n) is 17.8. The lowest BCUT2D eigenvalue weighted by Gasteiger charge is -2.32. The third-order valence-electron chi connectivity index (χ3n) is 5.76. The van der Waals surface area contributed by atoms with Crippen molar-refractivity contribution in [2.75, 3.05) is 31.1 Å². The van der Waals surface area contributed by atoms with Gasteiger partial charge in [-0.2, -0.15) is 0 Å². The molecule has 162 valence electrons. The number of piperidine rings is 1. The number of para-hydroxylation sites is 1. The smallest absolute Gasteiger partial charge is 0.242 e. The quantitative estimate of drug-likeness (QED) is 0.614. The Labute approximate surface area is 186 Å². The van der Waals surface area contributed by atoms with Crippen LogP contribution in [0.5, 0.6) is 0 Å². The van der Waals surface area contributed by atoms with Crippen LogP contribution < -0.4 is 10.2 Å². The van der Waals surface area contributed by atoms with Crippen LogP contribution in [0.2, 0.25) is 0 Å². The van der Waals surface area contributed by atoms with E-state index in [9.17, 15) is 9.59 Å². The third kappa shape index (κ3) is 5.29. The molecule has 1 aliphatic rings. The minimum Gasteiger partial charge on any atom is -0.352 e. The molecule has 2 aromatic carbocycles. The summed E-state index contributed by atoms with van der Waals surface area (Å²) in [6.07, 6.45) is 1.56. The second-order valence-corrected chi connectivity index (χ2v) is 8.87. The Morgan fingerprint density at radius 2 is 1.81 bits per heavy atom. The molecule has 31 heavy (non-hydrogen) atoms. The Morgan fingerprint density at radius 3 is 2.52 bits per heavy atom. The molecule has 0 spiro atoms. The largest absolute Gasteiger partial charge is 0.352 e. The van der Waals surface area contributed by atoms with Gasteiger partial charge < -0.3 is 5.32 Å². The van der Waals surface area contributed by atoms with Gasteiger partial charge in [-0.1, -0.05) is 53.8 Å². The van der Waals surface area contributed by atoms with Gasteiger partial charge >= 0.3 is 0 Å². The van der Waals surface area contributed by atoms with Crippen LogP contribution >= 0.6 is 11.3 Å². The number of nitrogens with zero attached hydrogens (tertiary/aromatic N) is 3. The topological polar surface area (TPSA) is 65.5 Å². The number of anilines is 1. The highest BCUT2D eigenvalue weighted by molar-refractivity contribution is 7.22. The van der Waals surface area contributed by atoms with Gasteiger partial charge in [-0.15, -0.1) is 0 Å². The number of rotatable bonds is 7. The number of thiazole rings is 1. The SMILES string of the molecule is CCN(C(=O)CN1CCC(C(=O)NCc2ccccc2)CC1)c1nc2ccccc2s1. The lowest BCUT2D eigenvalue weighted by molar-refractivity contribution is -0.126. The predicted octanol–water partition coefficient (Wildman–Crippen LogP) is 3.68. The summed E-state index contributed by atoms with van der Waals surface area (Å²) < 4.78 is 1.09. The molecule has 6 nitrogen and oxygen atoms in total. The minimum atomic E-state index is 0.0154. The predicted molar refractivity (Wildman–Crippen MR) is 125 cm³/mol. The third-order valence-corrected chi connectivity index (χ3v) is 6.82. The molecule has 2 amide bonds. The first-order valence-corrected chi connectivity index (χ1v) is 11.7. The number of carbonyl (C=O) groups excluding carboxylic acids is 2. The van der Waals surface area contributed by atoms with Crippen molar-refractivity contribution in [1.29, 1.82) is 0 Å². The molecule has 4 rings (SSSR count). The second kappa shape index (κ2) is 10.0. The summed E-state index contributed by atoms with van der Waals surface area (Å²) in [7, 11) is 0. The van der Waals surface area contributed by atoms with Crippen LogP contribution in [0.3, 0.4) is 0 Å². The van der Waals surface area contributed by atoms with E-state index in [0.29, 0.717) is 19.6 Å². The van der Waals surface area contributed by atoms with Crippen LogP contribution in [0, 0.1) is 5.92 Å². The van der Waals surface area contributed by atoms with Gasteiger partial charge in [-0.3, -0.25) is 19.4 Å². The van der Waals surface area contributed by atoms with Crippen molar-refractivity contribution >= 4 is 38.5 Å². The van der Waals surface area contributed by atoms with E-state index in [1.54, 1.807) is 16.2 Å². The molecule has 0 saturated carbocycles. The van der Waals surface area contributed by atoms with Gasteiger partial charge in [0.2, 0.25) is 11.8 Å². The maximum Gasteiger partial charge on any atom is 0.242 e. The fourth-order valence-corrected chi connectivity index (χ4v) is 5.00. The summed E-state index contributed by atoms with van der Waals surface area (Å²) in [4.78, 5) is 34.0. The summed E-state index contributed by atoms with van der Waals surface area (Å²) in [6.45, 7) is 5.01. The molecule has 7 heteroatoms. The molecular weight excluding hydrogens is 408 g/mol. The van der Waals surface area contributed by atoms with Crippen molar-refractivity contribution in [3.8, 4) is 0 Å². The number of carbonyl (C=O) groups is 2. The number of benzene rings is 2. The van der Waals surface area contributed by atoms with Crippen molar-refractivity contribution in [2.45, 2.75) is 26.3 Å². The fourth-order valence-electron chi connectivity index (χ4n) is 3.95. The number of fused-ring (bicyclic) bond motifs is 1.